The number of hydrogen-bond donors (Lipinski definition) is 1. The molecule has 7 heteroatoms. The van der Waals surface area contributed by atoms with Gasteiger partial charge < -0.3 is 10.5 Å². The summed E-state index contributed by atoms with van der Waals surface area (Å²) >= 11 is 0. The highest BCUT2D eigenvalue weighted by Crippen LogP contribution is 1.93. The van der Waals surface area contributed by atoms with Crippen LogP contribution in [0.4, 0.5) is 0 Å². The average molecular weight is 185 g/mol. The van der Waals surface area contributed by atoms with Gasteiger partial charge in [-0.25, -0.2) is 8.37 Å². The van der Waals surface area contributed by atoms with Crippen LogP contribution in [0.25, 0.3) is 0 Å². The van der Waals surface area contributed by atoms with Gasteiger partial charge in [-0.15, -0.1) is 0 Å². The van der Waals surface area contributed by atoms with Crippen molar-refractivity contribution in [2.75, 3.05) is 20.1 Å². The van der Waals surface area contributed by atoms with Crippen LogP contribution in [0.3, 0.4) is 0 Å². The van der Waals surface area contributed by atoms with E-state index in [4.69, 9.17) is 5.73 Å². The summed E-state index contributed by atoms with van der Waals surface area (Å²) in [5.41, 5.74) is 4.80. The van der Waals surface area contributed by atoms with Crippen LogP contribution in [0.2, 0.25) is 0 Å². The maximum atomic E-state index is 10.5. The van der Waals surface area contributed by atoms with Gasteiger partial charge in [0.15, 0.2) is 6.79 Å². The van der Waals surface area contributed by atoms with E-state index in [0.29, 0.717) is 6.61 Å². The van der Waals surface area contributed by atoms with Crippen molar-refractivity contribution in [3.8, 4) is 0 Å². The van der Waals surface area contributed by atoms with Crippen LogP contribution in [0.1, 0.15) is 6.92 Å². The second-order valence-corrected chi connectivity index (χ2v) is 2.71. The topological polar surface area (TPSA) is 87.8 Å². The lowest BCUT2D eigenvalue weighted by Gasteiger charge is -2.02. The molecule has 0 aliphatic carbocycles. The van der Waals surface area contributed by atoms with Crippen LogP contribution in [0.15, 0.2) is 0 Å². The Bertz CT molecular complexity index is 177. The molecule has 0 saturated carbocycles. The van der Waals surface area contributed by atoms with Crippen LogP contribution in [-0.2, 0) is 23.5 Å². The number of rotatable bonds is 6. The van der Waals surface area contributed by atoms with E-state index in [9.17, 15) is 8.42 Å². The highest BCUT2D eigenvalue weighted by molar-refractivity contribution is 7.81. The quantitative estimate of drug-likeness (QED) is 0.429. The first-order valence-corrected chi connectivity index (χ1v) is 4.27. The van der Waals surface area contributed by atoms with Gasteiger partial charge in [0.2, 0.25) is 0 Å². The highest BCUT2D eigenvalue weighted by atomic mass is 32.3. The highest BCUT2D eigenvalue weighted by Gasteiger charge is 2.09. The summed E-state index contributed by atoms with van der Waals surface area (Å²) in [6.07, 6.45) is 0. The number of hydrogen-bond acceptors (Lipinski definition) is 6. The van der Waals surface area contributed by atoms with E-state index in [1.54, 1.807) is 6.92 Å². The van der Waals surface area contributed by atoms with Crippen LogP contribution < -0.4 is 5.73 Å². The molecule has 0 aliphatic rings. The Hall–Kier alpha value is -0.210. The lowest BCUT2D eigenvalue weighted by Crippen LogP contribution is -2.16. The molecule has 0 saturated heterocycles. The van der Waals surface area contributed by atoms with Crippen molar-refractivity contribution in [2.45, 2.75) is 6.92 Å². The monoisotopic (exact) mass is 185 g/mol. The molecule has 6 nitrogen and oxygen atoms in total. The Morgan fingerprint density at radius 1 is 1.36 bits per heavy atom. The predicted octanol–water partition coefficient (Wildman–Crippen LogP) is -0.825. The molecule has 0 heterocycles. The second-order valence-electron chi connectivity index (χ2n) is 1.42. The summed E-state index contributed by atoms with van der Waals surface area (Å²) in [6, 6.07) is 0. The van der Waals surface area contributed by atoms with Gasteiger partial charge in [0.1, 0.15) is 6.73 Å². The van der Waals surface area contributed by atoms with Crippen LogP contribution in [-0.4, -0.2) is 28.5 Å². The molecule has 0 amide bonds. The normalized spacial score (nSPS) is 11.8. The molecule has 0 spiro atoms. The van der Waals surface area contributed by atoms with Crippen molar-refractivity contribution in [1.29, 1.82) is 0 Å². The van der Waals surface area contributed by atoms with Crippen LogP contribution >= 0.6 is 0 Å². The third-order valence-corrected chi connectivity index (χ3v) is 1.50. The van der Waals surface area contributed by atoms with Gasteiger partial charge in [-0.3, -0.25) is 0 Å². The molecule has 0 radical (unpaired) electrons. The standard InChI is InChI=1S/C4H11NO5S/c1-2-8-4-10-11(6,7)9-3-5/h2-5H2,1H3. The zero-order chi connectivity index (χ0) is 8.74. The third-order valence-electron chi connectivity index (χ3n) is 0.692. The van der Waals surface area contributed by atoms with Crippen molar-refractivity contribution < 1.29 is 21.5 Å². The van der Waals surface area contributed by atoms with E-state index >= 15 is 0 Å². The summed E-state index contributed by atoms with van der Waals surface area (Å²) < 4.78 is 33.8. The summed E-state index contributed by atoms with van der Waals surface area (Å²) in [7, 11) is -3.95. The molecule has 68 valence electrons. The summed E-state index contributed by atoms with van der Waals surface area (Å²) in [5.74, 6) is 0. The molecule has 0 aromatic heterocycles. The fourth-order valence-electron chi connectivity index (χ4n) is 0.294. The molecule has 0 rings (SSSR count). The van der Waals surface area contributed by atoms with Gasteiger partial charge in [-0.05, 0) is 6.92 Å². The lowest BCUT2D eigenvalue weighted by molar-refractivity contribution is 0.0159. The molecule has 0 bridgehead atoms. The Balaban J connectivity index is 3.56. The Morgan fingerprint density at radius 3 is 2.45 bits per heavy atom. The van der Waals surface area contributed by atoms with Crippen molar-refractivity contribution in [2.24, 2.45) is 5.73 Å². The molecular weight excluding hydrogens is 174 g/mol. The molecule has 0 unspecified atom stereocenters. The molecule has 0 aliphatic heterocycles. The van der Waals surface area contributed by atoms with Crippen molar-refractivity contribution >= 4 is 10.4 Å². The van der Waals surface area contributed by atoms with Crippen molar-refractivity contribution in [1.82, 2.24) is 0 Å². The van der Waals surface area contributed by atoms with Gasteiger partial charge in [0, 0.05) is 6.61 Å². The zero-order valence-electron chi connectivity index (χ0n) is 6.15. The van der Waals surface area contributed by atoms with E-state index in [2.05, 4.69) is 13.1 Å². The van der Waals surface area contributed by atoms with Gasteiger partial charge in [0.05, 0.1) is 0 Å². The Kier molecular flexibility index (Phi) is 5.34. The van der Waals surface area contributed by atoms with Gasteiger partial charge in [-0.2, -0.15) is 8.42 Å². The summed E-state index contributed by atoms with van der Waals surface area (Å²) in [6.45, 7) is 1.30. The number of ether oxygens (including phenoxy) is 1. The predicted molar refractivity (Wildman–Crippen MR) is 36.6 cm³/mol. The van der Waals surface area contributed by atoms with E-state index in [1.807, 2.05) is 0 Å². The van der Waals surface area contributed by atoms with Gasteiger partial charge in [-0.1, -0.05) is 0 Å². The molecular formula is C4H11NO5S. The molecule has 0 atom stereocenters. The van der Waals surface area contributed by atoms with E-state index in [1.165, 1.54) is 0 Å². The SMILES string of the molecule is CCOCOS(=O)(=O)OCN. The van der Waals surface area contributed by atoms with Crippen molar-refractivity contribution in [3.05, 3.63) is 0 Å². The van der Waals surface area contributed by atoms with Gasteiger partial charge >= 0.3 is 10.4 Å². The largest absolute Gasteiger partial charge is 0.403 e. The molecule has 0 aromatic rings. The van der Waals surface area contributed by atoms with Gasteiger partial charge in [0.25, 0.3) is 0 Å². The first-order chi connectivity index (χ1) is 5.12. The smallest absolute Gasteiger partial charge is 0.354 e. The summed E-state index contributed by atoms with van der Waals surface area (Å²) in [4.78, 5) is 0. The summed E-state index contributed by atoms with van der Waals surface area (Å²) in [5, 5.41) is 0. The minimum Gasteiger partial charge on any atom is -0.354 e. The number of nitrogens with two attached hydrogens (primary N) is 1. The zero-order valence-corrected chi connectivity index (χ0v) is 6.96. The third kappa shape index (κ3) is 6.20. The fraction of sp³-hybridized carbons (Fsp3) is 1.00. The maximum Gasteiger partial charge on any atom is 0.403 e. The van der Waals surface area contributed by atoms with Crippen LogP contribution in [0, 0.1) is 0 Å². The lowest BCUT2D eigenvalue weighted by atomic mass is 10.9. The molecule has 2 N–H and O–H groups in total. The minimum absolute atomic E-state index is 0.348. The first-order valence-electron chi connectivity index (χ1n) is 2.94. The van der Waals surface area contributed by atoms with E-state index in [0.717, 1.165) is 0 Å². The minimum atomic E-state index is -3.95. The van der Waals surface area contributed by atoms with E-state index < -0.39 is 17.1 Å². The molecule has 0 fully saturated rings. The van der Waals surface area contributed by atoms with Crippen molar-refractivity contribution in [3.63, 3.8) is 0 Å². The Labute approximate surface area is 65.6 Å². The molecule has 11 heavy (non-hydrogen) atoms. The molecule has 0 aromatic carbocycles. The van der Waals surface area contributed by atoms with Crippen LogP contribution in [0.5, 0.6) is 0 Å². The first kappa shape index (κ1) is 10.8. The fourth-order valence-corrected chi connectivity index (χ4v) is 0.714. The average Bonchev–Trinajstić information content (AvgIpc) is 1.87. The maximum absolute atomic E-state index is 10.5. The van der Waals surface area contributed by atoms with E-state index in [-0.39, 0.29) is 6.79 Å². The Morgan fingerprint density at radius 2 is 2.00 bits per heavy atom. The second kappa shape index (κ2) is 5.44.